The first-order valence-electron chi connectivity index (χ1n) is 5.84. The number of benzene rings is 1. The van der Waals surface area contributed by atoms with E-state index >= 15 is 0 Å². The Kier molecular flexibility index (Phi) is 6.94. The summed E-state index contributed by atoms with van der Waals surface area (Å²) in [4.78, 5) is 24.4. The van der Waals surface area contributed by atoms with Crippen LogP contribution < -0.4 is 0 Å². The summed E-state index contributed by atoms with van der Waals surface area (Å²) in [5.41, 5.74) is 0. The predicted molar refractivity (Wildman–Crippen MR) is 77.1 cm³/mol. The van der Waals surface area contributed by atoms with Gasteiger partial charge in [0.1, 0.15) is 0 Å². The van der Waals surface area contributed by atoms with Crippen molar-refractivity contribution in [3.8, 4) is 0 Å². The van der Waals surface area contributed by atoms with Gasteiger partial charge in [-0.3, -0.25) is 9.59 Å². The molecule has 0 amide bonds. The summed E-state index contributed by atoms with van der Waals surface area (Å²) < 4.78 is 10.7. The van der Waals surface area contributed by atoms with Gasteiger partial charge in [0.05, 0.1) is 13.2 Å². The highest BCUT2D eigenvalue weighted by molar-refractivity contribution is 9.10. The molecule has 0 aliphatic carbocycles. The maximum atomic E-state index is 11.8. The Balaban J connectivity index is 2.81. The van der Waals surface area contributed by atoms with E-state index < -0.39 is 17.2 Å². The number of thioether (sulfide) groups is 1. The number of hydrogen-bond acceptors (Lipinski definition) is 5. The van der Waals surface area contributed by atoms with Gasteiger partial charge in [0.2, 0.25) is 5.25 Å². The van der Waals surface area contributed by atoms with Crippen LogP contribution in [0.4, 0.5) is 0 Å². The van der Waals surface area contributed by atoms with Crippen LogP contribution in [0.2, 0.25) is 0 Å². The molecule has 1 rings (SSSR count). The molecule has 0 aliphatic rings. The first-order chi connectivity index (χ1) is 9.08. The highest BCUT2D eigenvalue weighted by Crippen LogP contribution is 2.26. The van der Waals surface area contributed by atoms with Crippen molar-refractivity contribution < 1.29 is 19.1 Å². The minimum absolute atomic E-state index is 0.232. The molecule has 0 N–H and O–H groups in total. The van der Waals surface area contributed by atoms with E-state index in [1.54, 1.807) is 13.8 Å². The molecule has 0 heterocycles. The van der Waals surface area contributed by atoms with E-state index in [1.807, 2.05) is 24.3 Å². The monoisotopic (exact) mass is 346 g/mol. The first kappa shape index (κ1) is 16.0. The van der Waals surface area contributed by atoms with Crippen LogP contribution in [-0.2, 0) is 19.1 Å². The molecule has 6 heteroatoms. The Morgan fingerprint density at radius 1 is 1.11 bits per heavy atom. The summed E-state index contributed by atoms with van der Waals surface area (Å²) in [5.74, 6) is -1.15. The second kappa shape index (κ2) is 8.22. The first-order valence-corrected chi connectivity index (χ1v) is 7.51. The largest absolute Gasteiger partial charge is 0.465 e. The van der Waals surface area contributed by atoms with E-state index in [1.165, 1.54) is 0 Å². The van der Waals surface area contributed by atoms with Crippen LogP contribution in [0.15, 0.2) is 33.6 Å². The molecule has 0 unspecified atom stereocenters. The third-order valence-electron chi connectivity index (χ3n) is 2.07. The molecule has 1 aromatic carbocycles. The average Bonchev–Trinajstić information content (AvgIpc) is 2.38. The van der Waals surface area contributed by atoms with Gasteiger partial charge in [0, 0.05) is 9.37 Å². The topological polar surface area (TPSA) is 52.6 Å². The van der Waals surface area contributed by atoms with Gasteiger partial charge in [-0.05, 0) is 38.1 Å². The zero-order valence-corrected chi connectivity index (χ0v) is 13.1. The highest BCUT2D eigenvalue weighted by atomic mass is 79.9. The van der Waals surface area contributed by atoms with Gasteiger partial charge in [-0.2, -0.15) is 0 Å². The number of ether oxygens (including phenoxy) is 2. The number of carbonyl (C=O) groups is 2. The molecular weight excluding hydrogens is 332 g/mol. The second-order valence-corrected chi connectivity index (χ2v) is 5.55. The van der Waals surface area contributed by atoms with Gasteiger partial charge in [-0.15, -0.1) is 0 Å². The molecule has 0 aromatic heterocycles. The van der Waals surface area contributed by atoms with E-state index in [0.29, 0.717) is 0 Å². The SMILES string of the molecule is CCOC(=O)C(Sc1ccc(Br)cc1)C(=O)OCC. The molecule has 0 fully saturated rings. The third kappa shape index (κ3) is 5.24. The molecule has 4 nitrogen and oxygen atoms in total. The lowest BCUT2D eigenvalue weighted by Crippen LogP contribution is -2.30. The summed E-state index contributed by atoms with van der Waals surface area (Å²) in [5, 5.41) is -0.985. The normalized spacial score (nSPS) is 10.3. The van der Waals surface area contributed by atoms with E-state index in [-0.39, 0.29) is 13.2 Å². The number of carbonyl (C=O) groups excluding carboxylic acids is 2. The third-order valence-corrected chi connectivity index (χ3v) is 3.76. The summed E-state index contributed by atoms with van der Waals surface area (Å²) in [6.07, 6.45) is 0. The molecular formula is C13H15BrO4S. The van der Waals surface area contributed by atoms with Crippen LogP contribution in [-0.4, -0.2) is 30.4 Å². The molecule has 0 saturated carbocycles. The molecule has 0 atom stereocenters. The Labute approximate surface area is 125 Å². The standard InChI is InChI=1S/C13H15BrO4S/c1-3-17-12(15)11(13(16)18-4-2)19-10-7-5-9(14)6-8-10/h5-8,11H,3-4H2,1-2H3. The minimum atomic E-state index is -0.985. The van der Waals surface area contributed by atoms with Crippen molar-refractivity contribution in [2.24, 2.45) is 0 Å². The van der Waals surface area contributed by atoms with Crippen LogP contribution >= 0.6 is 27.7 Å². The van der Waals surface area contributed by atoms with Crippen LogP contribution in [0, 0.1) is 0 Å². The van der Waals surface area contributed by atoms with Crippen molar-refractivity contribution >= 4 is 39.6 Å². The van der Waals surface area contributed by atoms with Crippen molar-refractivity contribution in [3.05, 3.63) is 28.7 Å². The van der Waals surface area contributed by atoms with E-state index in [2.05, 4.69) is 15.9 Å². The Morgan fingerprint density at radius 3 is 2.00 bits per heavy atom. The molecule has 19 heavy (non-hydrogen) atoms. The van der Waals surface area contributed by atoms with Gasteiger partial charge in [0.15, 0.2) is 0 Å². The number of hydrogen-bond donors (Lipinski definition) is 0. The van der Waals surface area contributed by atoms with E-state index in [4.69, 9.17) is 9.47 Å². The van der Waals surface area contributed by atoms with Gasteiger partial charge >= 0.3 is 11.9 Å². The van der Waals surface area contributed by atoms with E-state index in [0.717, 1.165) is 21.1 Å². The van der Waals surface area contributed by atoms with Crippen LogP contribution in [0.1, 0.15) is 13.8 Å². The Bertz CT molecular complexity index is 415. The van der Waals surface area contributed by atoms with Crippen LogP contribution in [0.5, 0.6) is 0 Å². The molecule has 0 radical (unpaired) electrons. The molecule has 0 bridgehead atoms. The molecule has 104 valence electrons. The average molecular weight is 347 g/mol. The maximum Gasteiger partial charge on any atom is 0.331 e. The van der Waals surface area contributed by atoms with Gasteiger partial charge in [-0.1, -0.05) is 27.7 Å². The van der Waals surface area contributed by atoms with Crippen LogP contribution in [0.25, 0.3) is 0 Å². The molecule has 0 aliphatic heterocycles. The fraction of sp³-hybridized carbons (Fsp3) is 0.385. The van der Waals surface area contributed by atoms with E-state index in [9.17, 15) is 9.59 Å². The fourth-order valence-corrected chi connectivity index (χ4v) is 2.44. The maximum absolute atomic E-state index is 11.8. The Hall–Kier alpha value is -1.01. The lowest BCUT2D eigenvalue weighted by atomic mass is 10.4. The molecule has 0 saturated heterocycles. The molecule has 0 spiro atoms. The van der Waals surface area contributed by atoms with Gasteiger partial charge in [0.25, 0.3) is 0 Å². The van der Waals surface area contributed by atoms with Crippen molar-refractivity contribution in [2.75, 3.05) is 13.2 Å². The predicted octanol–water partition coefficient (Wildman–Crippen LogP) is 3.04. The number of halogens is 1. The van der Waals surface area contributed by atoms with Crippen molar-refractivity contribution in [3.63, 3.8) is 0 Å². The van der Waals surface area contributed by atoms with Crippen molar-refractivity contribution in [2.45, 2.75) is 24.0 Å². The molecule has 1 aromatic rings. The zero-order valence-electron chi connectivity index (χ0n) is 10.7. The summed E-state index contributed by atoms with van der Waals surface area (Å²) in [6.45, 7) is 3.86. The zero-order chi connectivity index (χ0) is 14.3. The quantitative estimate of drug-likeness (QED) is 0.450. The van der Waals surface area contributed by atoms with Crippen molar-refractivity contribution in [1.29, 1.82) is 0 Å². The van der Waals surface area contributed by atoms with Gasteiger partial charge in [-0.25, -0.2) is 0 Å². The Morgan fingerprint density at radius 2 is 1.58 bits per heavy atom. The van der Waals surface area contributed by atoms with Gasteiger partial charge < -0.3 is 9.47 Å². The van der Waals surface area contributed by atoms with Crippen LogP contribution in [0.3, 0.4) is 0 Å². The summed E-state index contributed by atoms with van der Waals surface area (Å²) in [7, 11) is 0. The smallest absolute Gasteiger partial charge is 0.331 e. The number of rotatable bonds is 6. The number of esters is 2. The minimum Gasteiger partial charge on any atom is -0.465 e. The van der Waals surface area contributed by atoms with Crippen molar-refractivity contribution in [1.82, 2.24) is 0 Å². The highest BCUT2D eigenvalue weighted by Gasteiger charge is 2.30. The fourth-order valence-electron chi connectivity index (χ4n) is 1.28. The lowest BCUT2D eigenvalue weighted by Gasteiger charge is -2.13. The summed E-state index contributed by atoms with van der Waals surface area (Å²) >= 11 is 4.45. The lowest BCUT2D eigenvalue weighted by molar-refractivity contribution is -0.152. The second-order valence-electron chi connectivity index (χ2n) is 3.46. The summed E-state index contributed by atoms with van der Waals surface area (Å²) in [6, 6.07) is 7.33.